The zero-order chi connectivity index (χ0) is 12.3. The number of anilines is 2. The number of carbonyl (C=O) groups excluding carboxylic acids is 1. The molecule has 0 heterocycles. The van der Waals surface area contributed by atoms with Gasteiger partial charge in [-0.3, -0.25) is 4.79 Å². The van der Waals surface area contributed by atoms with Crippen LogP contribution in [0.5, 0.6) is 0 Å². The summed E-state index contributed by atoms with van der Waals surface area (Å²) in [4.78, 5) is 11.6. The van der Waals surface area contributed by atoms with Crippen molar-refractivity contribution in [3.8, 4) is 0 Å². The van der Waals surface area contributed by atoms with Gasteiger partial charge in [0.1, 0.15) is 0 Å². The molecule has 4 heteroatoms. The fourth-order valence-electron chi connectivity index (χ4n) is 1.87. The van der Waals surface area contributed by atoms with Crippen LogP contribution in [0.1, 0.15) is 36.5 Å². The fourth-order valence-corrected chi connectivity index (χ4v) is 1.87. The molecule has 0 spiro atoms. The topological polar surface area (TPSA) is 67.2 Å². The summed E-state index contributed by atoms with van der Waals surface area (Å²) in [5.74, 6) is -0.0746. The van der Waals surface area contributed by atoms with Gasteiger partial charge >= 0.3 is 0 Å². The number of carbonyl (C=O) groups is 1. The summed E-state index contributed by atoms with van der Waals surface area (Å²) in [7, 11) is 0. The quantitative estimate of drug-likeness (QED) is 0.697. The van der Waals surface area contributed by atoms with Gasteiger partial charge in [-0.25, -0.2) is 0 Å². The zero-order valence-corrected chi connectivity index (χ0v) is 10.1. The van der Waals surface area contributed by atoms with E-state index in [-0.39, 0.29) is 5.91 Å². The number of nitrogens with one attached hydrogen (secondary N) is 2. The number of benzene rings is 1. The molecule has 0 aliphatic heterocycles. The van der Waals surface area contributed by atoms with E-state index in [1.807, 2.05) is 19.1 Å². The molecule has 17 heavy (non-hydrogen) atoms. The van der Waals surface area contributed by atoms with Crippen LogP contribution in [0, 0.1) is 0 Å². The molecule has 1 aromatic rings. The molecule has 0 bridgehead atoms. The van der Waals surface area contributed by atoms with Gasteiger partial charge in [0.15, 0.2) is 0 Å². The molecular weight excluding hydrogens is 214 g/mol. The Hall–Kier alpha value is -1.71. The smallest absolute Gasteiger partial charge is 0.251 e. The van der Waals surface area contributed by atoms with Crippen LogP contribution in [0.3, 0.4) is 0 Å². The van der Waals surface area contributed by atoms with Gasteiger partial charge in [-0.05, 0) is 44.4 Å². The average Bonchev–Trinajstić information content (AvgIpc) is 2.25. The van der Waals surface area contributed by atoms with E-state index in [0.717, 1.165) is 5.69 Å². The molecule has 0 atom stereocenters. The molecule has 4 nitrogen and oxygen atoms in total. The summed E-state index contributed by atoms with van der Waals surface area (Å²) in [6.07, 6.45) is 3.70. The third kappa shape index (κ3) is 2.70. The summed E-state index contributed by atoms with van der Waals surface area (Å²) < 4.78 is 0. The van der Waals surface area contributed by atoms with Gasteiger partial charge in [0.05, 0.1) is 11.4 Å². The highest BCUT2D eigenvalue weighted by Gasteiger charge is 2.18. The van der Waals surface area contributed by atoms with Crippen LogP contribution in [0.15, 0.2) is 18.2 Å². The lowest BCUT2D eigenvalue weighted by Gasteiger charge is -2.28. The maximum atomic E-state index is 11.6. The molecule has 92 valence electrons. The van der Waals surface area contributed by atoms with Crippen molar-refractivity contribution < 1.29 is 4.79 Å². The van der Waals surface area contributed by atoms with Crippen molar-refractivity contribution in [2.24, 2.45) is 0 Å². The first-order chi connectivity index (χ1) is 8.20. The Morgan fingerprint density at radius 2 is 2.24 bits per heavy atom. The molecule has 0 saturated heterocycles. The van der Waals surface area contributed by atoms with E-state index in [2.05, 4.69) is 10.6 Å². The molecule has 0 aromatic heterocycles. The number of nitrogen functional groups attached to an aromatic ring is 1. The summed E-state index contributed by atoms with van der Waals surface area (Å²) >= 11 is 0. The van der Waals surface area contributed by atoms with Crippen LogP contribution in [0.25, 0.3) is 0 Å². The van der Waals surface area contributed by atoms with Crippen molar-refractivity contribution in [3.05, 3.63) is 23.8 Å². The van der Waals surface area contributed by atoms with Gasteiger partial charge in [0.25, 0.3) is 5.91 Å². The molecule has 2 rings (SSSR count). The number of nitrogens with two attached hydrogens (primary N) is 1. The Labute approximate surface area is 102 Å². The largest absolute Gasteiger partial charge is 0.397 e. The van der Waals surface area contributed by atoms with Gasteiger partial charge in [-0.1, -0.05) is 0 Å². The molecule has 1 aliphatic carbocycles. The molecule has 0 unspecified atom stereocenters. The molecule has 1 fully saturated rings. The SMILES string of the molecule is CCNC(=O)c1ccc(NC2CCC2)c(N)c1. The second kappa shape index (κ2) is 5.08. The van der Waals surface area contributed by atoms with Gasteiger partial charge in [0.2, 0.25) is 0 Å². The van der Waals surface area contributed by atoms with Crippen molar-refractivity contribution in [2.75, 3.05) is 17.6 Å². The minimum atomic E-state index is -0.0746. The van der Waals surface area contributed by atoms with E-state index in [1.54, 1.807) is 6.07 Å². The lowest BCUT2D eigenvalue weighted by atomic mass is 9.93. The van der Waals surface area contributed by atoms with Crippen molar-refractivity contribution in [1.82, 2.24) is 5.32 Å². The van der Waals surface area contributed by atoms with E-state index < -0.39 is 0 Å². The molecule has 1 saturated carbocycles. The molecule has 0 radical (unpaired) electrons. The van der Waals surface area contributed by atoms with E-state index in [4.69, 9.17) is 5.73 Å². The van der Waals surface area contributed by atoms with Gasteiger partial charge in [0, 0.05) is 18.2 Å². The maximum absolute atomic E-state index is 11.6. The Morgan fingerprint density at radius 3 is 2.76 bits per heavy atom. The van der Waals surface area contributed by atoms with Gasteiger partial charge < -0.3 is 16.4 Å². The highest BCUT2D eigenvalue weighted by Crippen LogP contribution is 2.27. The van der Waals surface area contributed by atoms with Crippen molar-refractivity contribution in [2.45, 2.75) is 32.2 Å². The van der Waals surface area contributed by atoms with E-state index in [1.165, 1.54) is 19.3 Å². The van der Waals surface area contributed by atoms with Crippen LogP contribution in [-0.2, 0) is 0 Å². The number of hydrogen-bond donors (Lipinski definition) is 3. The van der Waals surface area contributed by atoms with Gasteiger partial charge in [-0.2, -0.15) is 0 Å². The normalized spacial score (nSPS) is 15.1. The van der Waals surface area contributed by atoms with Crippen LogP contribution in [0.2, 0.25) is 0 Å². The predicted molar refractivity (Wildman–Crippen MR) is 70.1 cm³/mol. The fraction of sp³-hybridized carbons (Fsp3) is 0.462. The molecule has 1 aromatic carbocycles. The average molecular weight is 233 g/mol. The Bertz CT molecular complexity index is 413. The van der Waals surface area contributed by atoms with Crippen molar-refractivity contribution in [3.63, 3.8) is 0 Å². The van der Waals surface area contributed by atoms with Gasteiger partial charge in [-0.15, -0.1) is 0 Å². The minimum Gasteiger partial charge on any atom is -0.397 e. The lowest BCUT2D eigenvalue weighted by molar-refractivity contribution is 0.0956. The van der Waals surface area contributed by atoms with Crippen LogP contribution in [0.4, 0.5) is 11.4 Å². The van der Waals surface area contributed by atoms with Crippen LogP contribution < -0.4 is 16.4 Å². The summed E-state index contributed by atoms with van der Waals surface area (Å²) in [5.41, 5.74) is 8.13. The summed E-state index contributed by atoms with van der Waals surface area (Å²) in [6, 6.07) is 5.97. The third-order valence-electron chi connectivity index (χ3n) is 3.12. The van der Waals surface area contributed by atoms with E-state index in [0.29, 0.717) is 23.8 Å². The van der Waals surface area contributed by atoms with E-state index in [9.17, 15) is 4.79 Å². The Balaban J connectivity index is 2.07. The van der Waals surface area contributed by atoms with E-state index >= 15 is 0 Å². The van der Waals surface area contributed by atoms with Crippen LogP contribution in [-0.4, -0.2) is 18.5 Å². The zero-order valence-electron chi connectivity index (χ0n) is 10.1. The Kier molecular flexibility index (Phi) is 3.52. The first-order valence-corrected chi connectivity index (χ1v) is 6.15. The predicted octanol–water partition coefficient (Wildman–Crippen LogP) is 1.98. The minimum absolute atomic E-state index is 0.0746. The second-order valence-corrected chi connectivity index (χ2v) is 4.43. The number of rotatable bonds is 4. The lowest BCUT2D eigenvalue weighted by Crippen LogP contribution is -2.27. The maximum Gasteiger partial charge on any atom is 0.251 e. The highest BCUT2D eigenvalue weighted by atomic mass is 16.1. The molecule has 1 aliphatic rings. The second-order valence-electron chi connectivity index (χ2n) is 4.43. The molecule has 1 amide bonds. The first-order valence-electron chi connectivity index (χ1n) is 6.15. The monoisotopic (exact) mass is 233 g/mol. The van der Waals surface area contributed by atoms with Crippen molar-refractivity contribution >= 4 is 17.3 Å². The molecular formula is C13H19N3O. The molecule has 4 N–H and O–H groups in total. The summed E-state index contributed by atoms with van der Waals surface area (Å²) in [6.45, 7) is 2.52. The Morgan fingerprint density at radius 1 is 1.47 bits per heavy atom. The first kappa shape index (κ1) is 11.8. The number of hydrogen-bond acceptors (Lipinski definition) is 3. The van der Waals surface area contributed by atoms with Crippen LogP contribution >= 0.6 is 0 Å². The standard InChI is InChI=1S/C13H19N3O/c1-2-15-13(17)9-6-7-12(11(14)8-9)16-10-4-3-5-10/h6-8,10,16H,2-5,14H2,1H3,(H,15,17). The summed E-state index contributed by atoms with van der Waals surface area (Å²) in [5, 5.41) is 6.14. The highest BCUT2D eigenvalue weighted by molar-refractivity contribution is 5.96. The van der Waals surface area contributed by atoms with Crippen molar-refractivity contribution in [1.29, 1.82) is 0 Å². The number of amides is 1. The third-order valence-corrected chi connectivity index (χ3v) is 3.12.